The molecule has 0 saturated heterocycles. The predicted octanol–water partition coefficient (Wildman–Crippen LogP) is 5.65. The number of aromatic nitrogens is 1. The van der Waals surface area contributed by atoms with Crippen molar-refractivity contribution in [1.82, 2.24) is 4.98 Å². The van der Waals surface area contributed by atoms with Crippen LogP contribution in [0.25, 0.3) is 22.9 Å². The smallest absolute Gasteiger partial charge is 0.134 e. The van der Waals surface area contributed by atoms with Crippen molar-refractivity contribution in [2.45, 2.75) is 0 Å². The van der Waals surface area contributed by atoms with Crippen LogP contribution in [0.1, 0.15) is 10.6 Å². The lowest BCUT2D eigenvalue weighted by atomic mass is 10.1. The molecule has 0 aliphatic rings. The number of nitrogens with zero attached hydrogens (tertiary/aromatic N) is 2. The monoisotopic (exact) mass is 426 g/mol. The molecule has 4 nitrogen and oxygen atoms in total. The second-order valence-corrected chi connectivity index (χ2v) is 7.10. The fraction of sp³-hybridized carbons (Fsp3) is 0.100. The molecule has 1 aromatic heterocycles. The van der Waals surface area contributed by atoms with Crippen molar-refractivity contribution < 1.29 is 9.47 Å². The third-order valence-electron chi connectivity index (χ3n) is 3.73. The zero-order valence-electron chi connectivity index (χ0n) is 14.2. The molecule has 0 radical (unpaired) electrons. The van der Waals surface area contributed by atoms with Gasteiger partial charge in [0.2, 0.25) is 0 Å². The molecule has 0 spiro atoms. The Hall–Kier alpha value is -2.62. The summed E-state index contributed by atoms with van der Waals surface area (Å²) in [6.07, 6.45) is 1.77. The van der Waals surface area contributed by atoms with Crippen LogP contribution in [0.5, 0.6) is 11.5 Å². The summed E-state index contributed by atoms with van der Waals surface area (Å²) in [5.74, 6) is 1.37. The summed E-state index contributed by atoms with van der Waals surface area (Å²) in [5.41, 5.74) is 3.09. The van der Waals surface area contributed by atoms with Gasteiger partial charge in [0, 0.05) is 21.0 Å². The number of rotatable bonds is 5. The van der Waals surface area contributed by atoms with E-state index >= 15 is 0 Å². The number of allylic oxidation sites excluding steroid dienone is 1. The first-order valence-corrected chi connectivity index (χ1v) is 9.37. The molecule has 0 N–H and O–H groups in total. The fourth-order valence-corrected chi connectivity index (χ4v) is 3.46. The minimum Gasteiger partial charge on any atom is -0.497 e. The van der Waals surface area contributed by atoms with E-state index in [9.17, 15) is 5.26 Å². The molecule has 0 saturated carbocycles. The van der Waals surface area contributed by atoms with Crippen LogP contribution >= 0.6 is 27.3 Å². The van der Waals surface area contributed by atoms with Gasteiger partial charge in [0.05, 0.1) is 25.5 Å². The summed E-state index contributed by atoms with van der Waals surface area (Å²) >= 11 is 4.87. The van der Waals surface area contributed by atoms with E-state index in [0.29, 0.717) is 22.1 Å². The van der Waals surface area contributed by atoms with Crippen LogP contribution in [0, 0.1) is 11.3 Å². The lowest BCUT2D eigenvalue weighted by molar-refractivity contribution is 0.402. The summed E-state index contributed by atoms with van der Waals surface area (Å²) in [6, 6.07) is 15.6. The predicted molar refractivity (Wildman–Crippen MR) is 108 cm³/mol. The fourth-order valence-electron chi connectivity index (χ4n) is 2.40. The first kappa shape index (κ1) is 18.2. The van der Waals surface area contributed by atoms with Crippen molar-refractivity contribution in [2.75, 3.05) is 14.2 Å². The number of ether oxygens (including phenoxy) is 2. The van der Waals surface area contributed by atoms with Gasteiger partial charge in [-0.2, -0.15) is 5.26 Å². The van der Waals surface area contributed by atoms with Crippen LogP contribution in [0.2, 0.25) is 0 Å². The van der Waals surface area contributed by atoms with Crippen molar-refractivity contribution in [2.24, 2.45) is 0 Å². The number of benzene rings is 2. The van der Waals surface area contributed by atoms with Gasteiger partial charge in [-0.25, -0.2) is 4.98 Å². The van der Waals surface area contributed by atoms with Gasteiger partial charge in [-0.3, -0.25) is 0 Å². The maximum atomic E-state index is 9.62. The zero-order chi connectivity index (χ0) is 18.5. The average molecular weight is 427 g/mol. The summed E-state index contributed by atoms with van der Waals surface area (Å²) in [6.45, 7) is 0. The molecule has 2 aromatic carbocycles. The Bertz CT molecular complexity index is 988. The molecule has 6 heteroatoms. The van der Waals surface area contributed by atoms with E-state index in [2.05, 4.69) is 27.0 Å². The number of thiazole rings is 1. The van der Waals surface area contributed by atoms with Gasteiger partial charge in [0.15, 0.2) is 0 Å². The Balaban J connectivity index is 1.99. The molecule has 1 heterocycles. The molecule has 0 bridgehead atoms. The van der Waals surface area contributed by atoms with Crippen LogP contribution in [0.15, 0.2) is 52.3 Å². The molecule has 26 heavy (non-hydrogen) atoms. The first-order chi connectivity index (χ1) is 12.6. The molecule has 0 aliphatic heterocycles. The highest BCUT2D eigenvalue weighted by Crippen LogP contribution is 2.31. The summed E-state index contributed by atoms with van der Waals surface area (Å²) < 4.78 is 11.7. The summed E-state index contributed by atoms with van der Waals surface area (Å²) in [5, 5.41) is 12.2. The molecule has 3 aromatic rings. The van der Waals surface area contributed by atoms with Crippen molar-refractivity contribution >= 4 is 38.9 Å². The summed E-state index contributed by atoms with van der Waals surface area (Å²) in [7, 11) is 3.20. The van der Waals surface area contributed by atoms with E-state index in [1.165, 1.54) is 11.3 Å². The number of hydrogen-bond acceptors (Lipinski definition) is 5. The topological polar surface area (TPSA) is 55.1 Å². The highest BCUT2D eigenvalue weighted by atomic mass is 79.9. The van der Waals surface area contributed by atoms with Crippen LogP contribution in [0.3, 0.4) is 0 Å². The van der Waals surface area contributed by atoms with Gasteiger partial charge in [-0.1, -0.05) is 28.1 Å². The number of halogens is 1. The first-order valence-electron chi connectivity index (χ1n) is 7.70. The van der Waals surface area contributed by atoms with Gasteiger partial charge in [-0.15, -0.1) is 11.3 Å². The van der Waals surface area contributed by atoms with Gasteiger partial charge in [0.25, 0.3) is 0 Å². The average Bonchev–Trinajstić information content (AvgIpc) is 3.16. The normalized spacial score (nSPS) is 11.1. The summed E-state index contributed by atoms with van der Waals surface area (Å²) in [4.78, 5) is 4.62. The molecular weight excluding hydrogens is 412 g/mol. The quantitative estimate of drug-likeness (QED) is 0.494. The Morgan fingerprint density at radius 1 is 1.15 bits per heavy atom. The van der Waals surface area contributed by atoms with Crippen molar-refractivity contribution in [3.63, 3.8) is 0 Å². The molecule has 0 amide bonds. The Morgan fingerprint density at radius 3 is 2.58 bits per heavy atom. The third kappa shape index (κ3) is 3.96. The molecular formula is C20H15BrN2O2S. The van der Waals surface area contributed by atoms with E-state index in [0.717, 1.165) is 21.3 Å². The minimum absolute atomic E-state index is 0.477. The minimum atomic E-state index is 0.477. The largest absolute Gasteiger partial charge is 0.497 e. The van der Waals surface area contributed by atoms with E-state index in [-0.39, 0.29) is 0 Å². The van der Waals surface area contributed by atoms with Crippen LogP contribution in [-0.2, 0) is 0 Å². The standard InChI is InChI=1S/C20H15BrN2O2S/c1-24-17-7-8-19(25-2)14(10-17)9-15(11-22)20-23-18(12-26-20)13-3-5-16(21)6-4-13/h3-10,12H,1-2H3/b15-9-. The zero-order valence-corrected chi connectivity index (χ0v) is 16.6. The second-order valence-electron chi connectivity index (χ2n) is 5.32. The molecule has 3 rings (SSSR count). The molecule has 0 fully saturated rings. The van der Waals surface area contributed by atoms with Crippen LogP contribution in [0.4, 0.5) is 0 Å². The van der Waals surface area contributed by atoms with Gasteiger partial charge in [-0.05, 0) is 36.4 Å². The van der Waals surface area contributed by atoms with Gasteiger partial charge >= 0.3 is 0 Å². The highest BCUT2D eigenvalue weighted by molar-refractivity contribution is 9.10. The highest BCUT2D eigenvalue weighted by Gasteiger charge is 2.11. The lowest BCUT2D eigenvalue weighted by Crippen LogP contribution is -1.90. The molecule has 0 atom stereocenters. The van der Waals surface area contributed by atoms with Gasteiger partial charge in [0.1, 0.15) is 22.6 Å². The van der Waals surface area contributed by atoms with Gasteiger partial charge < -0.3 is 9.47 Å². The lowest BCUT2D eigenvalue weighted by Gasteiger charge is -2.07. The number of hydrogen-bond donors (Lipinski definition) is 0. The van der Waals surface area contributed by atoms with Crippen molar-refractivity contribution in [3.05, 3.63) is 62.9 Å². The van der Waals surface area contributed by atoms with E-state index in [1.807, 2.05) is 47.8 Å². The van der Waals surface area contributed by atoms with Crippen LogP contribution in [-0.4, -0.2) is 19.2 Å². The van der Waals surface area contributed by atoms with E-state index in [1.54, 1.807) is 20.3 Å². The van der Waals surface area contributed by atoms with E-state index < -0.39 is 0 Å². The Labute approximate surface area is 164 Å². The molecule has 0 unspecified atom stereocenters. The Kier molecular flexibility index (Phi) is 5.71. The third-order valence-corrected chi connectivity index (χ3v) is 5.14. The Morgan fingerprint density at radius 2 is 1.92 bits per heavy atom. The second kappa shape index (κ2) is 8.17. The van der Waals surface area contributed by atoms with Crippen molar-refractivity contribution in [1.29, 1.82) is 5.26 Å². The van der Waals surface area contributed by atoms with Crippen LogP contribution < -0.4 is 9.47 Å². The number of nitriles is 1. The maximum absolute atomic E-state index is 9.62. The maximum Gasteiger partial charge on any atom is 0.134 e. The van der Waals surface area contributed by atoms with Crippen molar-refractivity contribution in [3.8, 4) is 28.8 Å². The molecule has 0 aliphatic carbocycles. The number of methoxy groups -OCH3 is 2. The SMILES string of the molecule is COc1ccc(OC)c(/C=C(/C#N)c2nc(-c3ccc(Br)cc3)cs2)c1. The molecule has 130 valence electrons. The van der Waals surface area contributed by atoms with E-state index in [4.69, 9.17) is 9.47 Å².